The summed E-state index contributed by atoms with van der Waals surface area (Å²) in [5.41, 5.74) is 1.25. The molecule has 1 aliphatic heterocycles. The van der Waals surface area contributed by atoms with Crippen molar-refractivity contribution in [2.24, 2.45) is 10.9 Å². The van der Waals surface area contributed by atoms with Crippen LogP contribution in [0.3, 0.4) is 0 Å². The summed E-state index contributed by atoms with van der Waals surface area (Å²) < 4.78 is 4.73. The van der Waals surface area contributed by atoms with E-state index in [0.717, 1.165) is 25.5 Å². The number of aliphatic imine (C=N–C) groups is 1. The summed E-state index contributed by atoms with van der Waals surface area (Å²) in [6.07, 6.45) is 1.06. The highest BCUT2D eigenvalue weighted by atomic mass is 127. The second kappa shape index (κ2) is 10.4. The van der Waals surface area contributed by atoms with Gasteiger partial charge in [-0.3, -0.25) is 9.79 Å². The van der Waals surface area contributed by atoms with Gasteiger partial charge in [-0.2, -0.15) is 0 Å². The monoisotopic (exact) mass is 446 g/mol. The number of benzene rings is 1. The van der Waals surface area contributed by atoms with E-state index in [2.05, 4.69) is 44.8 Å². The number of hydrogen-bond donors (Lipinski definition) is 2. The molecule has 24 heavy (non-hydrogen) atoms. The zero-order valence-corrected chi connectivity index (χ0v) is 16.8. The van der Waals surface area contributed by atoms with Gasteiger partial charge >= 0.3 is 5.97 Å². The van der Waals surface area contributed by atoms with Crippen LogP contribution >= 0.6 is 24.0 Å². The van der Waals surface area contributed by atoms with E-state index in [1.807, 2.05) is 13.0 Å². The first kappa shape index (κ1) is 20.5. The van der Waals surface area contributed by atoms with Crippen LogP contribution in [0.1, 0.15) is 13.3 Å². The van der Waals surface area contributed by atoms with Gasteiger partial charge in [0.2, 0.25) is 0 Å². The van der Waals surface area contributed by atoms with Crippen molar-refractivity contribution < 1.29 is 9.53 Å². The highest BCUT2D eigenvalue weighted by Crippen LogP contribution is 2.19. The smallest absolute Gasteiger partial charge is 0.310 e. The maximum atomic E-state index is 11.4. The van der Waals surface area contributed by atoms with E-state index in [4.69, 9.17) is 4.74 Å². The molecule has 0 aliphatic carbocycles. The van der Waals surface area contributed by atoms with Crippen molar-refractivity contribution in [2.75, 3.05) is 38.7 Å². The van der Waals surface area contributed by atoms with E-state index in [9.17, 15) is 4.79 Å². The molecule has 2 rings (SSSR count). The molecule has 1 heterocycles. The molecule has 0 spiro atoms. The van der Waals surface area contributed by atoms with Gasteiger partial charge in [0.1, 0.15) is 0 Å². The quantitative estimate of drug-likeness (QED) is 0.313. The first-order valence-corrected chi connectivity index (χ1v) is 7.99. The van der Waals surface area contributed by atoms with E-state index in [0.29, 0.717) is 12.6 Å². The Morgan fingerprint density at radius 3 is 2.75 bits per heavy atom. The van der Waals surface area contributed by atoms with Crippen LogP contribution in [0.2, 0.25) is 0 Å². The van der Waals surface area contributed by atoms with Crippen molar-refractivity contribution >= 4 is 41.6 Å². The lowest BCUT2D eigenvalue weighted by Crippen LogP contribution is -2.46. The summed E-state index contributed by atoms with van der Waals surface area (Å²) in [4.78, 5) is 18.0. The Morgan fingerprint density at radius 2 is 2.12 bits per heavy atom. The lowest BCUT2D eigenvalue weighted by Gasteiger charge is -2.21. The minimum absolute atomic E-state index is 0. The summed E-state index contributed by atoms with van der Waals surface area (Å²) in [6, 6.07) is 10.8. The molecule has 2 unspecified atom stereocenters. The Labute approximate surface area is 161 Å². The molecule has 1 saturated heterocycles. The number of anilines is 1. The van der Waals surface area contributed by atoms with Crippen molar-refractivity contribution in [3.63, 3.8) is 0 Å². The molecule has 6 nitrogen and oxygen atoms in total. The Morgan fingerprint density at radius 1 is 1.42 bits per heavy atom. The van der Waals surface area contributed by atoms with Gasteiger partial charge in [-0.1, -0.05) is 25.1 Å². The summed E-state index contributed by atoms with van der Waals surface area (Å²) >= 11 is 0. The van der Waals surface area contributed by atoms with E-state index >= 15 is 0 Å². The third-order valence-corrected chi connectivity index (χ3v) is 4.05. The molecule has 1 fully saturated rings. The lowest BCUT2D eigenvalue weighted by molar-refractivity contribution is -0.144. The molecule has 1 aromatic carbocycles. The molecule has 0 amide bonds. The number of ether oxygens (including phenoxy) is 1. The first-order chi connectivity index (χ1) is 11.1. The summed E-state index contributed by atoms with van der Waals surface area (Å²) in [5, 5.41) is 6.61. The number of hydrogen-bond acceptors (Lipinski definition) is 4. The number of methoxy groups -OCH3 is 1. The molecular weight excluding hydrogens is 419 g/mol. The minimum Gasteiger partial charge on any atom is -0.469 e. The maximum Gasteiger partial charge on any atom is 0.310 e. The molecule has 0 aromatic heterocycles. The van der Waals surface area contributed by atoms with E-state index in [1.54, 1.807) is 7.05 Å². The topological polar surface area (TPSA) is 66.0 Å². The Kier molecular flexibility index (Phi) is 8.88. The standard InChI is InChI=1S/C17H26N4O2.HI/c1-13(16(22)23-3)11-19-17(18-2)20-14-9-10-21(12-14)15-7-5-4-6-8-15;/h4-8,13-14H,9-12H2,1-3H3,(H2,18,19,20);1H. The second-order valence-electron chi connectivity index (χ2n) is 5.79. The van der Waals surface area contributed by atoms with Crippen LogP contribution in [0.15, 0.2) is 35.3 Å². The van der Waals surface area contributed by atoms with Crippen LogP contribution in [-0.2, 0) is 9.53 Å². The van der Waals surface area contributed by atoms with Gasteiger partial charge in [0, 0.05) is 38.4 Å². The minimum atomic E-state index is -0.218. The number of guanidine groups is 1. The average molecular weight is 446 g/mol. The largest absolute Gasteiger partial charge is 0.469 e. The fraction of sp³-hybridized carbons (Fsp3) is 0.529. The van der Waals surface area contributed by atoms with Crippen LogP contribution in [0.25, 0.3) is 0 Å². The maximum absolute atomic E-state index is 11.4. The van der Waals surface area contributed by atoms with Crippen molar-refractivity contribution in [2.45, 2.75) is 19.4 Å². The van der Waals surface area contributed by atoms with Crippen LogP contribution in [-0.4, -0.2) is 51.8 Å². The SMILES string of the molecule is CN=C(NCC(C)C(=O)OC)NC1CCN(c2ccccc2)C1.I. The molecule has 1 aromatic rings. The summed E-state index contributed by atoms with van der Waals surface area (Å²) in [5.74, 6) is 0.299. The number of carbonyl (C=O) groups is 1. The number of para-hydroxylation sites is 1. The molecule has 0 saturated carbocycles. The van der Waals surface area contributed by atoms with E-state index in [1.165, 1.54) is 12.8 Å². The lowest BCUT2D eigenvalue weighted by atomic mass is 10.2. The number of nitrogens with zero attached hydrogens (tertiary/aromatic N) is 2. The average Bonchev–Trinajstić information content (AvgIpc) is 3.06. The van der Waals surface area contributed by atoms with Crippen LogP contribution in [0.4, 0.5) is 5.69 Å². The fourth-order valence-corrected chi connectivity index (χ4v) is 2.67. The van der Waals surface area contributed by atoms with Crippen LogP contribution in [0.5, 0.6) is 0 Å². The predicted molar refractivity (Wildman–Crippen MR) is 108 cm³/mol. The summed E-state index contributed by atoms with van der Waals surface area (Å²) in [6.45, 7) is 4.30. The van der Waals surface area contributed by atoms with E-state index in [-0.39, 0.29) is 35.9 Å². The van der Waals surface area contributed by atoms with E-state index < -0.39 is 0 Å². The molecule has 134 valence electrons. The molecule has 7 heteroatoms. The molecule has 1 aliphatic rings. The second-order valence-corrected chi connectivity index (χ2v) is 5.79. The van der Waals surface area contributed by atoms with Gasteiger partial charge in [0.15, 0.2) is 5.96 Å². The third kappa shape index (κ3) is 5.85. The summed E-state index contributed by atoms with van der Waals surface area (Å²) in [7, 11) is 3.14. The molecule has 0 bridgehead atoms. The molecule has 2 N–H and O–H groups in total. The van der Waals surface area contributed by atoms with Gasteiger partial charge in [-0.25, -0.2) is 0 Å². The highest BCUT2D eigenvalue weighted by Gasteiger charge is 2.23. The Bertz CT molecular complexity index is 539. The third-order valence-electron chi connectivity index (χ3n) is 4.05. The normalized spacial score (nSPS) is 18.5. The van der Waals surface area contributed by atoms with Gasteiger partial charge in [-0.15, -0.1) is 24.0 Å². The fourth-order valence-electron chi connectivity index (χ4n) is 2.67. The number of rotatable bonds is 5. The number of esters is 1. The molecule has 0 radical (unpaired) electrons. The van der Waals surface area contributed by atoms with Gasteiger partial charge in [0.05, 0.1) is 13.0 Å². The van der Waals surface area contributed by atoms with Gasteiger partial charge in [-0.05, 0) is 18.6 Å². The van der Waals surface area contributed by atoms with Crippen molar-refractivity contribution in [3.05, 3.63) is 30.3 Å². The van der Waals surface area contributed by atoms with Gasteiger partial charge < -0.3 is 20.3 Å². The Balaban J connectivity index is 0.00000288. The predicted octanol–water partition coefficient (Wildman–Crippen LogP) is 1.86. The number of halogens is 1. The first-order valence-electron chi connectivity index (χ1n) is 7.99. The van der Waals surface area contributed by atoms with Crippen LogP contribution < -0.4 is 15.5 Å². The van der Waals surface area contributed by atoms with Gasteiger partial charge in [0.25, 0.3) is 0 Å². The number of carbonyl (C=O) groups excluding carboxylic acids is 1. The Hall–Kier alpha value is -1.51. The van der Waals surface area contributed by atoms with Crippen molar-refractivity contribution in [3.8, 4) is 0 Å². The molecular formula is C17H27IN4O2. The zero-order valence-electron chi connectivity index (χ0n) is 14.5. The van der Waals surface area contributed by atoms with Crippen LogP contribution in [0, 0.1) is 5.92 Å². The molecule has 2 atom stereocenters. The van der Waals surface area contributed by atoms with Crippen molar-refractivity contribution in [1.29, 1.82) is 0 Å². The number of nitrogens with one attached hydrogen (secondary N) is 2. The highest BCUT2D eigenvalue weighted by molar-refractivity contribution is 14.0. The zero-order chi connectivity index (χ0) is 16.7. The van der Waals surface area contributed by atoms with Crippen molar-refractivity contribution in [1.82, 2.24) is 10.6 Å².